The van der Waals surface area contributed by atoms with E-state index in [9.17, 15) is 21.6 Å². The van der Waals surface area contributed by atoms with Gasteiger partial charge in [-0.25, -0.2) is 8.42 Å². The largest absolute Gasteiger partial charge is 0.573 e. The van der Waals surface area contributed by atoms with Crippen molar-refractivity contribution >= 4 is 10.0 Å². The van der Waals surface area contributed by atoms with Crippen LogP contribution in [0.2, 0.25) is 0 Å². The minimum Gasteiger partial charge on any atom is -0.404 e. The first-order chi connectivity index (χ1) is 13.3. The maximum atomic E-state index is 12.9. The summed E-state index contributed by atoms with van der Waals surface area (Å²) in [7, 11) is -4.04. The number of piperidine rings is 1. The van der Waals surface area contributed by atoms with Gasteiger partial charge < -0.3 is 9.47 Å². The fourth-order valence-electron chi connectivity index (χ4n) is 3.64. The number of alkyl halides is 3. The molecule has 6 nitrogen and oxygen atoms in total. The highest BCUT2D eigenvalue weighted by molar-refractivity contribution is 7.89. The summed E-state index contributed by atoms with van der Waals surface area (Å²) in [6.45, 7) is 4.90. The van der Waals surface area contributed by atoms with Crippen LogP contribution in [0.15, 0.2) is 29.2 Å². The van der Waals surface area contributed by atoms with E-state index in [1.54, 1.807) is 0 Å². The molecule has 0 bridgehead atoms. The van der Waals surface area contributed by atoms with Crippen LogP contribution in [0.4, 0.5) is 13.2 Å². The van der Waals surface area contributed by atoms with Gasteiger partial charge in [-0.15, -0.1) is 13.2 Å². The van der Waals surface area contributed by atoms with Gasteiger partial charge in [-0.3, -0.25) is 4.90 Å². The first-order valence-electron chi connectivity index (χ1n) is 9.41. The zero-order valence-corrected chi connectivity index (χ0v) is 16.3. The third kappa shape index (κ3) is 5.59. The summed E-state index contributed by atoms with van der Waals surface area (Å²) in [5, 5.41) is 0. The number of hydrogen-bond donors (Lipinski definition) is 0. The van der Waals surface area contributed by atoms with E-state index in [1.807, 2.05) is 0 Å². The van der Waals surface area contributed by atoms with Crippen LogP contribution in [0.3, 0.4) is 0 Å². The smallest absolute Gasteiger partial charge is 0.404 e. The van der Waals surface area contributed by atoms with E-state index in [0.717, 1.165) is 51.4 Å². The van der Waals surface area contributed by atoms with Crippen LogP contribution in [0.25, 0.3) is 0 Å². The van der Waals surface area contributed by atoms with Gasteiger partial charge in [-0.1, -0.05) is 12.1 Å². The lowest BCUT2D eigenvalue weighted by Crippen LogP contribution is -2.41. The molecule has 28 heavy (non-hydrogen) atoms. The standard InChI is InChI=1S/C18H25F3N2O4S/c19-18(20,21)27-16-3-1-2-4-17(16)28(24,25)23-9-6-15(7-10-23)5-8-22-11-13-26-14-12-22/h1-4,15H,5-14H2. The Kier molecular flexibility index (Phi) is 6.85. The van der Waals surface area contributed by atoms with Crippen molar-refractivity contribution in [2.45, 2.75) is 30.5 Å². The lowest BCUT2D eigenvalue weighted by Gasteiger charge is -2.33. The van der Waals surface area contributed by atoms with E-state index < -0.39 is 27.0 Å². The molecule has 2 heterocycles. The lowest BCUT2D eigenvalue weighted by molar-refractivity contribution is -0.275. The number of ether oxygens (including phenoxy) is 2. The maximum absolute atomic E-state index is 12.9. The molecule has 0 saturated carbocycles. The van der Waals surface area contributed by atoms with Crippen molar-refractivity contribution in [2.75, 3.05) is 45.9 Å². The zero-order chi connectivity index (χ0) is 20.2. The number of morpholine rings is 1. The number of hydrogen-bond acceptors (Lipinski definition) is 5. The highest BCUT2D eigenvalue weighted by Crippen LogP contribution is 2.33. The molecular formula is C18H25F3N2O4S. The van der Waals surface area contributed by atoms with Crippen molar-refractivity contribution in [3.8, 4) is 5.75 Å². The van der Waals surface area contributed by atoms with Crippen LogP contribution < -0.4 is 4.74 Å². The second-order valence-electron chi connectivity index (χ2n) is 7.08. The first-order valence-corrected chi connectivity index (χ1v) is 10.8. The van der Waals surface area contributed by atoms with Crippen molar-refractivity contribution in [3.63, 3.8) is 0 Å². The highest BCUT2D eigenvalue weighted by atomic mass is 32.2. The quantitative estimate of drug-likeness (QED) is 0.706. The van der Waals surface area contributed by atoms with Gasteiger partial charge in [0.1, 0.15) is 10.6 Å². The Balaban J connectivity index is 1.59. The summed E-state index contributed by atoms with van der Waals surface area (Å²) in [6, 6.07) is 4.89. The summed E-state index contributed by atoms with van der Waals surface area (Å²) in [6.07, 6.45) is -2.56. The third-order valence-corrected chi connectivity index (χ3v) is 7.16. The number of nitrogens with zero attached hydrogens (tertiary/aromatic N) is 2. The van der Waals surface area contributed by atoms with Gasteiger partial charge in [-0.2, -0.15) is 4.31 Å². The predicted molar refractivity (Wildman–Crippen MR) is 96.5 cm³/mol. The molecule has 2 saturated heterocycles. The monoisotopic (exact) mass is 422 g/mol. The number of rotatable bonds is 6. The van der Waals surface area contributed by atoms with E-state index >= 15 is 0 Å². The van der Waals surface area contributed by atoms with Gasteiger partial charge in [0, 0.05) is 26.2 Å². The molecule has 0 aromatic heterocycles. The van der Waals surface area contributed by atoms with E-state index in [2.05, 4.69) is 9.64 Å². The maximum Gasteiger partial charge on any atom is 0.573 e. The van der Waals surface area contributed by atoms with E-state index in [1.165, 1.54) is 16.4 Å². The van der Waals surface area contributed by atoms with Crippen molar-refractivity contribution in [1.29, 1.82) is 0 Å². The van der Waals surface area contributed by atoms with Gasteiger partial charge >= 0.3 is 6.36 Å². The summed E-state index contributed by atoms with van der Waals surface area (Å²) in [5.41, 5.74) is 0. The number of para-hydroxylation sites is 1. The summed E-state index contributed by atoms with van der Waals surface area (Å²) < 4.78 is 74.0. The molecule has 0 atom stereocenters. The zero-order valence-electron chi connectivity index (χ0n) is 15.5. The van der Waals surface area contributed by atoms with Crippen LogP contribution in [0.1, 0.15) is 19.3 Å². The number of halogens is 3. The summed E-state index contributed by atoms with van der Waals surface area (Å²) >= 11 is 0. The second-order valence-corrected chi connectivity index (χ2v) is 8.99. The Morgan fingerprint density at radius 1 is 1.07 bits per heavy atom. The molecule has 0 spiro atoms. The minimum absolute atomic E-state index is 0.302. The molecule has 0 unspecified atom stereocenters. The third-order valence-electron chi connectivity index (χ3n) is 5.22. The molecule has 1 aromatic carbocycles. The summed E-state index contributed by atoms with van der Waals surface area (Å²) in [4.78, 5) is 1.90. The molecule has 158 valence electrons. The first kappa shape index (κ1) is 21.4. The van der Waals surface area contributed by atoms with E-state index in [-0.39, 0.29) is 0 Å². The molecule has 1 aromatic rings. The molecular weight excluding hydrogens is 397 g/mol. The van der Waals surface area contributed by atoms with Crippen LogP contribution >= 0.6 is 0 Å². The number of sulfonamides is 1. The normalized spacial score (nSPS) is 21.0. The predicted octanol–water partition coefficient (Wildman–Crippen LogP) is 2.71. The molecule has 2 aliphatic rings. The van der Waals surface area contributed by atoms with E-state index in [4.69, 9.17) is 4.74 Å². The Hall–Kier alpha value is -1.36. The minimum atomic E-state index is -4.95. The molecule has 0 N–H and O–H groups in total. The van der Waals surface area contributed by atoms with Crippen LogP contribution in [0, 0.1) is 5.92 Å². The van der Waals surface area contributed by atoms with Gasteiger partial charge in [0.15, 0.2) is 0 Å². The van der Waals surface area contributed by atoms with Crippen LogP contribution in [0.5, 0.6) is 5.75 Å². The molecule has 2 aliphatic heterocycles. The SMILES string of the molecule is O=S(=O)(c1ccccc1OC(F)(F)F)N1CCC(CCN2CCOCC2)CC1. The molecule has 0 radical (unpaired) electrons. The van der Waals surface area contributed by atoms with Gasteiger partial charge in [0.05, 0.1) is 13.2 Å². The Labute approximate surface area is 163 Å². The van der Waals surface area contributed by atoms with Crippen LogP contribution in [-0.2, 0) is 14.8 Å². The average molecular weight is 422 g/mol. The molecule has 0 aliphatic carbocycles. The molecule has 3 rings (SSSR count). The fourth-order valence-corrected chi connectivity index (χ4v) is 5.22. The van der Waals surface area contributed by atoms with Gasteiger partial charge in [0.25, 0.3) is 0 Å². The fraction of sp³-hybridized carbons (Fsp3) is 0.667. The second kappa shape index (κ2) is 8.98. The van der Waals surface area contributed by atoms with Crippen molar-refractivity contribution in [1.82, 2.24) is 9.21 Å². The Morgan fingerprint density at radius 2 is 1.71 bits per heavy atom. The van der Waals surface area contributed by atoms with E-state index in [0.29, 0.717) is 31.8 Å². The average Bonchev–Trinajstić information content (AvgIpc) is 2.66. The molecule has 0 amide bonds. The van der Waals surface area contributed by atoms with Gasteiger partial charge in [-0.05, 0) is 43.9 Å². The van der Waals surface area contributed by atoms with Gasteiger partial charge in [0.2, 0.25) is 10.0 Å². The lowest BCUT2D eigenvalue weighted by atomic mass is 9.94. The molecule has 10 heteroatoms. The van der Waals surface area contributed by atoms with Crippen molar-refractivity contribution in [2.24, 2.45) is 5.92 Å². The summed E-state index contributed by atoms with van der Waals surface area (Å²) in [5.74, 6) is -0.277. The number of benzene rings is 1. The van der Waals surface area contributed by atoms with Crippen LogP contribution in [-0.4, -0.2) is 69.9 Å². The highest BCUT2D eigenvalue weighted by Gasteiger charge is 2.36. The topological polar surface area (TPSA) is 59.1 Å². The molecule has 2 fully saturated rings. The van der Waals surface area contributed by atoms with Crippen molar-refractivity contribution in [3.05, 3.63) is 24.3 Å². The van der Waals surface area contributed by atoms with Crippen molar-refractivity contribution < 1.29 is 31.1 Å². The Bertz CT molecular complexity index is 743. The Morgan fingerprint density at radius 3 is 2.36 bits per heavy atom.